The monoisotopic (exact) mass is 355 g/mol. The molecule has 0 atom stereocenters. The molecule has 0 unspecified atom stereocenters. The highest BCUT2D eigenvalue weighted by Gasteiger charge is 2.09. The smallest absolute Gasteiger partial charge is 0.322 e. The van der Waals surface area contributed by atoms with Crippen LogP contribution in [-0.2, 0) is 0 Å². The normalized spacial score (nSPS) is 10.3. The minimum absolute atomic E-state index is 0.156. The van der Waals surface area contributed by atoms with E-state index in [9.17, 15) is 4.39 Å². The highest BCUT2D eigenvalue weighted by molar-refractivity contribution is 9.10. The summed E-state index contributed by atoms with van der Waals surface area (Å²) < 4.78 is 19.5. The van der Waals surface area contributed by atoms with Gasteiger partial charge in [-0.25, -0.2) is 4.39 Å². The molecule has 2 N–H and O–H groups in total. The second-order valence-corrected chi connectivity index (χ2v) is 5.06. The zero-order valence-corrected chi connectivity index (χ0v) is 13.2. The number of nitrogens with one attached hydrogen (secondary N) is 2. The van der Waals surface area contributed by atoms with Gasteiger partial charge in [0.05, 0.1) is 12.8 Å². The predicted octanol–water partition coefficient (Wildman–Crippen LogP) is 3.35. The number of ether oxygens (including phenoxy) is 1. The van der Waals surface area contributed by atoms with Gasteiger partial charge in [0.1, 0.15) is 5.82 Å². The fourth-order valence-electron chi connectivity index (χ4n) is 1.53. The van der Waals surface area contributed by atoms with Crippen LogP contribution in [-0.4, -0.2) is 28.6 Å². The van der Waals surface area contributed by atoms with Crippen LogP contribution < -0.4 is 15.4 Å². The topological polar surface area (TPSA) is 72.0 Å². The fraction of sp³-hybridized carbons (Fsp3) is 0.308. The number of benzene rings is 1. The summed E-state index contributed by atoms with van der Waals surface area (Å²) in [5, 5.41) is 5.85. The van der Waals surface area contributed by atoms with Crippen LogP contribution in [0, 0.1) is 5.82 Å². The van der Waals surface area contributed by atoms with E-state index in [-0.39, 0.29) is 17.6 Å². The summed E-state index contributed by atoms with van der Waals surface area (Å²) in [6.07, 6.45) is 0.929. The van der Waals surface area contributed by atoms with Crippen LogP contribution in [0.1, 0.15) is 13.3 Å². The Kier molecular flexibility index (Phi) is 5.26. The van der Waals surface area contributed by atoms with Crippen LogP contribution in [0.25, 0.3) is 0 Å². The number of methoxy groups -OCH3 is 1. The molecule has 8 heteroatoms. The summed E-state index contributed by atoms with van der Waals surface area (Å²) in [6.45, 7) is 2.75. The maximum Gasteiger partial charge on any atom is 0.322 e. The Morgan fingerprint density at radius 1 is 1.24 bits per heavy atom. The average Bonchev–Trinajstić information content (AvgIpc) is 2.48. The first-order chi connectivity index (χ1) is 10.1. The van der Waals surface area contributed by atoms with E-state index in [1.807, 2.05) is 6.92 Å². The molecule has 0 saturated heterocycles. The minimum Gasteiger partial charge on any atom is -0.467 e. The number of hydrogen-bond donors (Lipinski definition) is 2. The third kappa shape index (κ3) is 4.25. The standard InChI is InChI=1S/C13H15BrFN5O/c1-3-6-16-11-18-12(20-13(19-11)21-2)17-10-5-4-8(14)7-9(10)15/h4-5,7H,3,6H2,1-2H3,(H2,16,17,18,19,20). The van der Waals surface area contributed by atoms with Gasteiger partial charge in [-0.1, -0.05) is 22.9 Å². The molecule has 0 spiro atoms. The first-order valence-corrected chi connectivity index (χ1v) is 7.17. The largest absolute Gasteiger partial charge is 0.467 e. The number of halogens is 2. The van der Waals surface area contributed by atoms with E-state index < -0.39 is 5.82 Å². The second-order valence-electron chi connectivity index (χ2n) is 4.15. The summed E-state index contributed by atoms with van der Waals surface area (Å²) in [4.78, 5) is 12.3. The average molecular weight is 356 g/mol. The Morgan fingerprint density at radius 2 is 2.00 bits per heavy atom. The van der Waals surface area contributed by atoms with Crippen molar-refractivity contribution in [2.45, 2.75) is 13.3 Å². The Labute approximate surface area is 130 Å². The molecule has 2 rings (SSSR count). The Balaban J connectivity index is 2.25. The first-order valence-electron chi connectivity index (χ1n) is 6.38. The maximum absolute atomic E-state index is 13.8. The van der Waals surface area contributed by atoms with Gasteiger partial charge >= 0.3 is 6.01 Å². The third-order valence-corrected chi connectivity index (χ3v) is 3.00. The van der Waals surface area contributed by atoms with Crippen molar-refractivity contribution in [3.8, 4) is 6.01 Å². The van der Waals surface area contributed by atoms with Gasteiger partial charge in [0.15, 0.2) is 0 Å². The van der Waals surface area contributed by atoms with Gasteiger partial charge in [-0.3, -0.25) is 0 Å². The molecule has 0 aliphatic carbocycles. The SMILES string of the molecule is CCCNc1nc(Nc2ccc(Br)cc2F)nc(OC)n1. The maximum atomic E-state index is 13.8. The van der Waals surface area contributed by atoms with Crippen molar-refractivity contribution in [1.82, 2.24) is 15.0 Å². The molecule has 112 valence electrons. The Morgan fingerprint density at radius 3 is 2.67 bits per heavy atom. The van der Waals surface area contributed by atoms with Gasteiger partial charge < -0.3 is 15.4 Å². The van der Waals surface area contributed by atoms with Gasteiger partial charge in [-0.2, -0.15) is 15.0 Å². The molecule has 0 aliphatic rings. The van der Waals surface area contributed by atoms with E-state index in [0.717, 1.165) is 13.0 Å². The van der Waals surface area contributed by atoms with Gasteiger partial charge in [0, 0.05) is 11.0 Å². The molecule has 0 aliphatic heterocycles. The van der Waals surface area contributed by atoms with Gasteiger partial charge in [-0.05, 0) is 24.6 Å². The van der Waals surface area contributed by atoms with Crippen LogP contribution in [0.3, 0.4) is 0 Å². The second kappa shape index (κ2) is 7.16. The van der Waals surface area contributed by atoms with Crippen LogP contribution in [0.2, 0.25) is 0 Å². The molecule has 0 fully saturated rings. The summed E-state index contributed by atoms with van der Waals surface area (Å²) in [7, 11) is 1.46. The highest BCUT2D eigenvalue weighted by Crippen LogP contribution is 2.22. The molecule has 0 amide bonds. The van der Waals surface area contributed by atoms with Crippen molar-refractivity contribution in [2.24, 2.45) is 0 Å². The first kappa shape index (κ1) is 15.4. The number of hydrogen-bond acceptors (Lipinski definition) is 6. The number of aromatic nitrogens is 3. The number of rotatable bonds is 6. The lowest BCUT2D eigenvalue weighted by Crippen LogP contribution is -2.09. The third-order valence-electron chi connectivity index (χ3n) is 2.51. The van der Waals surface area contributed by atoms with Crippen molar-refractivity contribution in [3.05, 3.63) is 28.5 Å². The molecule has 2 aromatic rings. The van der Waals surface area contributed by atoms with Crippen molar-refractivity contribution < 1.29 is 9.13 Å². The lowest BCUT2D eigenvalue weighted by molar-refractivity contribution is 0.379. The lowest BCUT2D eigenvalue weighted by Gasteiger charge is -2.09. The van der Waals surface area contributed by atoms with Crippen LogP contribution in [0.5, 0.6) is 6.01 Å². The van der Waals surface area contributed by atoms with Gasteiger partial charge in [0.25, 0.3) is 0 Å². The van der Waals surface area contributed by atoms with Crippen molar-refractivity contribution >= 4 is 33.5 Å². The minimum atomic E-state index is -0.410. The lowest BCUT2D eigenvalue weighted by atomic mass is 10.3. The summed E-state index contributed by atoms with van der Waals surface area (Å²) in [5.74, 6) is 0.178. The summed E-state index contributed by atoms with van der Waals surface area (Å²) in [5.41, 5.74) is 0.271. The zero-order valence-electron chi connectivity index (χ0n) is 11.7. The van der Waals surface area contributed by atoms with Crippen molar-refractivity contribution in [1.29, 1.82) is 0 Å². The molecule has 0 radical (unpaired) electrons. The molecular formula is C13H15BrFN5O. The van der Waals surface area contributed by atoms with E-state index in [1.165, 1.54) is 13.2 Å². The number of nitrogens with zero attached hydrogens (tertiary/aromatic N) is 3. The van der Waals surface area contributed by atoms with Crippen LogP contribution >= 0.6 is 15.9 Å². The molecule has 0 bridgehead atoms. The molecule has 0 saturated carbocycles. The molecular weight excluding hydrogens is 341 g/mol. The molecule has 1 heterocycles. The summed E-state index contributed by atoms with van der Waals surface area (Å²) >= 11 is 3.21. The molecule has 1 aromatic carbocycles. The molecule has 6 nitrogen and oxygen atoms in total. The molecule has 1 aromatic heterocycles. The van der Waals surface area contributed by atoms with E-state index in [0.29, 0.717) is 10.4 Å². The van der Waals surface area contributed by atoms with Gasteiger partial charge in [-0.15, -0.1) is 0 Å². The molecule has 21 heavy (non-hydrogen) atoms. The van der Waals surface area contributed by atoms with Gasteiger partial charge in [0.2, 0.25) is 11.9 Å². The zero-order chi connectivity index (χ0) is 15.2. The van der Waals surface area contributed by atoms with E-state index in [1.54, 1.807) is 12.1 Å². The fourth-order valence-corrected chi connectivity index (χ4v) is 1.86. The quantitative estimate of drug-likeness (QED) is 0.827. The Hall–Kier alpha value is -1.96. The van der Waals surface area contributed by atoms with Crippen LogP contribution in [0.15, 0.2) is 22.7 Å². The summed E-state index contributed by atoms with van der Waals surface area (Å²) in [6, 6.07) is 4.83. The van der Waals surface area contributed by atoms with Crippen molar-refractivity contribution in [2.75, 3.05) is 24.3 Å². The number of anilines is 3. The van der Waals surface area contributed by atoms with Crippen LogP contribution in [0.4, 0.5) is 22.0 Å². The predicted molar refractivity (Wildman–Crippen MR) is 82.5 cm³/mol. The van der Waals surface area contributed by atoms with E-state index in [2.05, 4.69) is 41.5 Å². The highest BCUT2D eigenvalue weighted by atomic mass is 79.9. The Bertz CT molecular complexity index is 626. The van der Waals surface area contributed by atoms with E-state index in [4.69, 9.17) is 4.74 Å². The van der Waals surface area contributed by atoms with Crippen molar-refractivity contribution in [3.63, 3.8) is 0 Å². The van der Waals surface area contributed by atoms with E-state index >= 15 is 0 Å².